The van der Waals surface area contributed by atoms with Crippen molar-refractivity contribution in [2.24, 2.45) is 5.10 Å². The Bertz CT molecular complexity index is 1340. The first-order chi connectivity index (χ1) is 16.8. The zero-order valence-electron chi connectivity index (χ0n) is 20.0. The molecule has 1 aliphatic heterocycles. The topological polar surface area (TPSA) is 110 Å². The van der Waals surface area contributed by atoms with Crippen LogP contribution in [0.15, 0.2) is 63.8 Å². The first-order valence-electron chi connectivity index (χ1n) is 11.3. The number of hydrazone groups is 1. The molecule has 0 fully saturated rings. The molecule has 9 nitrogen and oxygen atoms in total. The van der Waals surface area contributed by atoms with Crippen LogP contribution in [0.2, 0.25) is 0 Å². The van der Waals surface area contributed by atoms with E-state index in [1.807, 2.05) is 19.9 Å². The molecule has 2 heterocycles. The van der Waals surface area contributed by atoms with Crippen molar-refractivity contribution in [2.75, 3.05) is 12.2 Å². The third-order valence-corrected chi connectivity index (χ3v) is 5.80. The number of anilines is 1. The van der Waals surface area contributed by atoms with Gasteiger partial charge in [0.05, 0.1) is 10.5 Å². The number of nitrogens with one attached hydrogen (secondary N) is 1. The van der Waals surface area contributed by atoms with Gasteiger partial charge in [0.2, 0.25) is 0 Å². The second-order valence-corrected chi connectivity index (χ2v) is 7.99. The van der Waals surface area contributed by atoms with Gasteiger partial charge in [-0.2, -0.15) is 0 Å². The fraction of sp³-hybridized carbons (Fsp3) is 0.231. The maximum absolute atomic E-state index is 11.7. The molecule has 1 aliphatic rings. The number of hydrogen-bond donors (Lipinski definition) is 1. The van der Waals surface area contributed by atoms with Crippen LogP contribution in [0, 0.1) is 10.1 Å². The van der Waals surface area contributed by atoms with E-state index in [0.29, 0.717) is 39.8 Å². The van der Waals surface area contributed by atoms with Crippen LogP contribution in [0.3, 0.4) is 0 Å². The summed E-state index contributed by atoms with van der Waals surface area (Å²) in [6.07, 6.45) is 3.18. The highest BCUT2D eigenvalue weighted by atomic mass is 16.7. The Labute approximate surface area is 202 Å². The minimum Gasteiger partial charge on any atom is -0.456 e. The van der Waals surface area contributed by atoms with Gasteiger partial charge in [0.1, 0.15) is 22.9 Å². The third kappa shape index (κ3) is 4.79. The molecule has 35 heavy (non-hydrogen) atoms. The van der Waals surface area contributed by atoms with Crippen LogP contribution in [0.4, 0.5) is 11.4 Å². The van der Waals surface area contributed by atoms with Gasteiger partial charge < -0.3 is 14.6 Å². The second-order valence-electron chi connectivity index (χ2n) is 7.99. The lowest BCUT2D eigenvalue weighted by Gasteiger charge is -2.13. The number of benzene rings is 2. The smallest absolute Gasteiger partial charge is 0.280 e. The van der Waals surface area contributed by atoms with Gasteiger partial charge in [-0.05, 0) is 73.4 Å². The lowest BCUT2D eigenvalue weighted by Crippen LogP contribution is -2.18. The molecule has 0 saturated heterocycles. The number of carbonyl (C=O) groups excluding carboxylic acids is 1. The minimum absolute atomic E-state index is 0.0221. The summed E-state index contributed by atoms with van der Waals surface area (Å²) >= 11 is 0. The normalized spacial score (nSPS) is 14.1. The molecule has 2 aromatic carbocycles. The number of allylic oxidation sites excluding steroid dienone is 1. The molecule has 1 amide bonds. The second kappa shape index (κ2) is 9.84. The van der Waals surface area contributed by atoms with Crippen molar-refractivity contribution in [3.63, 3.8) is 0 Å². The maximum Gasteiger partial charge on any atom is 0.280 e. The van der Waals surface area contributed by atoms with E-state index in [-0.39, 0.29) is 16.5 Å². The zero-order chi connectivity index (χ0) is 25.1. The predicted molar refractivity (Wildman–Crippen MR) is 134 cm³/mol. The Morgan fingerprint density at radius 2 is 1.80 bits per heavy atom. The Kier molecular flexibility index (Phi) is 6.68. The van der Waals surface area contributed by atoms with E-state index in [1.165, 1.54) is 5.17 Å². The lowest BCUT2D eigenvalue weighted by atomic mass is 9.97. The molecule has 4 rings (SSSR count). The number of furan rings is 1. The Balaban J connectivity index is 1.59. The van der Waals surface area contributed by atoms with Gasteiger partial charge in [0.25, 0.3) is 11.6 Å². The van der Waals surface area contributed by atoms with Crippen LogP contribution in [0.1, 0.15) is 48.0 Å². The SMILES string of the molecule is CCc1cc(-c2ccc(/C=C3/ON(c4ccc(C(=O)NC)cc4)N=C3C)o2)c([N+](=O)[O-])cc1CC. The molecule has 0 aliphatic carbocycles. The molecule has 0 unspecified atom stereocenters. The van der Waals surface area contributed by atoms with Crippen LogP contribution >= 0.6 is 0 Å². The maximum atomic E-state index is 11.7. The van der Waals surface area contributed by atoms with Crippen LogP contribution in [-0.2, 0) is 17.7 Å². The first-order valence-corrected chi connectivity index (χ1v) is 11.3. The molecule has 1 aromatic heterocycles. The summed E-state index contributed by atoms with van der Waals surface area (Å²) in [5.74, 6) is 1.19. The third-order valence-electron chi connectivity index (χ3n) is 5.80. The molecule has 0 saturated carbocycles. The Hall–Kier alpha value is -4.40. The van der Waals surface area contributed by atoms with Crippen LogP contribution in [0.25, 0.3) is 17.4 Å². The van der Waals surface area contributed by atoms with E-state index in [0.717, 1.165) is 24.0 Å². The first kappa shape index (κ1) is 23.7. The highest BCUT2D eigenvalue weighted by molar-refractivity contribution is 6.02. The van der Waals surface area contributed by atoms with Crippen molar-refractivity contribution in [3.8, 4) is 11.3 Å². The van der Waals surface area contributed by atoms with Crippen molar-refractivity contribution in [3.05, 3.63) is 86.9 Å². The number of carbonyl (C=O) groups is 1. The van der Waals surface area contributed by atoms with Crippen molar-refractivity contribution in [2.45, 2.75) is 33.6 Å². The average Bonchev–Trinajstić information content (AvgIpc) is 3.49. The largest absolute Gasteiger partial charge is 0.456 e. The monoisotopic (exact) mass is 474 g/mol. The summed E-state index contributed by atoms with van der Waals surface area (Å²) < 4.78 is 5.96. The number of amides is 1. The number of rotatable bonds is 7. The van der Waals surface area contributed by atoms with E-state index in [9.17, 15) is 14.9 Å². The van der Waals surface area contributed by atoms with Gasteiger partial charge in [0, 0.05) is 24.8 Å². The van der Waals surface area contributed by atoms with Crippen LogP contribution in [0.5, 0.6) is 0 Å². The summed E-state index contributed by atoms with van der Waals surface area (Å²) in [5, 5.41) is 20.1. The number of nitrogens with zero attached hydrogens (tertiary/aromatic N) is 3. The van der Waals surface area contributed by atoms with E-state index >= 15 is 0 Å². The van der Waals surface area contributed by atoms with Crippen molar-refractivity contribution < 1.29 is 19.0 Å². The molecular formula is C26H26N4O5. The molecule has 3 aromatic rings. The van der Waals surface area contributed by atoms with Crippen molar-refractivity contribution in [1.82, 2.24) is 5.32 Å². The fourth-order valence-corrected chi connectivity index (χ4v) is 3.88. The summed E-state index contributed by atoms with van der Waals surface area (Å²) in [7, 11) is 1.58. The molecular weight excluding hydrogens is 448 g/mol. The summed E-state index contributed by atoms with van der Waals surface area (Å²) in [6, 6.07) is 13.8. The molecule has 0 bridgehead atoms. The van der Waals surface area contributed by atoms with Crippen LogP contribution < -0.4 is 10.5 Å². The number of hydrogen-bond acceptors (Lipinski definition) is 7. The lowest BCUT2D eigenvalue weighted by molar-refractivity contribution is -0.384. The molecule has 180 valence electrons. The zero-order valence-corrected chi connectivity index (χ0v) is 20.0. The summed E-state index contributed by atoms with van der Waals surface area (Å²) in [6.45, 7) is 5.82. The molecule has 1 N–H and O–H groups in total. The highest BCUT2D eigenvalue weighted by Crippen LogP contribution is 2.35. The molecule has 9 heteroatoms. The summed E-state index contributed by atoms with van der Waals surface area (Å²) in [5.41, 5.74) is 4.31. The van der Waals surface area contributed by atoms with Crippen molar-refractivity contribution in [1.29, 1.82) is 0 Å². The fourth-order valence-electron chi connectivity index (χ4n) is 3.88. The van der Waals surface area contributed by atoms with Gasteiger partial charge in [0.15, 0.2) is 5.76 Å². The predicted octanol–water partition coefficient (Wildman–Crippen LogP) is 5.51. The Morgan fingerprint density at radius 3 is 2.43 bits per heavy atom. The molecule has 0 radical (unpaired) electrons. The van der Waals surface area contributed by atoms with E-state index in [2.05, 4.69) is 10.4 Å². The number of nitro benzene ring substituents is 1. The van der Waals surface area contributed by atoms with Crippen molar-refractivity contribution >= 4 is 29.1 Å². The Morgan fingerprint density at radius 1 is 1.11 bits per heavy atom. The molecule has 0 atom stereocenters. The van der Waals surface area contributed by atoms with E-state index in [1.54, 1.807) is 62.5 Å². The standard InChI is InChI=1S/C26H26N4O5/c1-5-17-13-22(23(30(32)33)14-18(17)6-2)24-12-11-21(34-24)15-25-16(3)28-29(35-25)20-9-7-19(8-10-20)26(31)27-4/h7-15H,5-6H2,1-4H3,(H,27,31)/b25-15+. The number of aryl methyl sites for hydroxylation is 2. The van der Waals surface area contributed by atoms with Gasteiger partial charge >= 0.3 is 0 Å². The van der Waals surface area contributed by atoms with Gasteiger partial charge in [-0.1, -0.05) is 19.0 Å². The van der Waals surface area contributed by atoms with Gasteiger partial charge in [-0.25, -0.2) is 0 Å². The molecule has 0 spiro atoms. The minimum atomic E-state index is -0.376. The van der Waals surface area contributed by atoms with Gasteiger partial charge in [-0.3, -0.25) is 14.9 Å². The van der Waals surface area contributed by atoms with Crippen LogP contribution in [-0.4, -0.2) is 23.6 Å². The quantitative estimate of drug-likeness (QED) is 0.357. The number of nitro groups is 1. The average molecular weight is 475 g/mol. The summed E-state index contributed by atoms with van der Waals surface area (Å²) in [4.78, 5) is 28.9. The van der Waals surface area contributed by atoms with E-state index in [4.69, 9.17) is 9.25 Å². The van der Waals surface area contributed by atoms with Gasteiger partial charge in [-0.15, -0.1) is 5.10 Å². The van der Waals surface area contributed by atoms with E-state index < -0.39 is 0 Å². The highest BCUT2D eigenvalue weighted by Gasteiger charge is 2.23.